The minimum Gasteiger partial charge on any atom is -0.481 e. The highest BCUT2D eigenvalue weighted by atomic mass is 16.4. The van der Waals surface area contributed by atoms with E-state index < -0.39 is 5.97 Å². The average Bonchev–Trinajstić information content (AvgIpc) is 3.32. The second-order valence-corrected chi connectivity index (χ2v) is 9.05. The van der Waals surface area contributed by atoms with E-state index in [9.17, 15) is 14.4 Å². The number of rotatable bonds is 15. The van der Waals surface area contributed by atoms with E-state index in [1.54, 1.807) is 0 Å². The summed E-state index contributed by atoms with van der Waals surface area (Å²) in [5, 5.41) is 14.5. The van der Waals surface area contributed by atoms with Crippen LogP contribution in [0.15, 0.2) is 12.2 Å². The lowest BCUT2D eigenvalue weighted by molar-refractivity contribution is -0.137. The summed E-state index contributed by atoms with van der Waals surface area (Å²) in [5.74, 6) is 1.71. The Kier molecular flexibility index (Phi) is 11.0. The Bertz CT molecular complexity index is 590. The summed E-state index contributed by atoms with van der Waals surface area (Å²) < 4.78 is 0. The van der Waals surface area contributed by atoms with Crippen molar-refractivity contribution in [2.24, 2.45) is 23.7 Å². The van der Waals surface area contributed by atoms with E-state index in [1.165, 1.54) is 19.3 Å². The third-order valence-electron chi connectivity index (χ3n) is 6.85. The van der Waals surface area contributed by atoms with Crippen LogP contribution in [0.5, 0.6) is 0 Å². The molecule has 0 aromatic heterocycles. The zero-order valence-corrected chi connectivity index (χ0v) is 18.5. The van der Waals surface area contributed by atoms with Crippen molar-refractivity contribution in [3.8, 4) is 0 Å². The van der Waals surface area contributed by atoms with Gasteiger partial charge in [-0.2, -0.15) is 0 Å². The van der Waals surface area contributed by atoms with E-state index in [2.05, 4.69) is 29.7 Å². The number of unbranched alkanes of at least 4 members (excludes halogenated alkanes) is 4. The highest BCUT2D eigenvalue weighted by Crippen LogP contribution is 2.53. The maximum absolute atomic E-state index is 12.2. The van der Waals surface area contributed by atoms with Crippen molar-refractivity contribution in [1.29, 1.82) is 0 Å². The van der Waals surface area contributed by atoms with Crippen molar-refractivity contribution in [2.75, 3.05) is 13.1 Å². The predicted octanol–water partition coefficient (Wildman–Crippen LogP) is 4.05. The van der Waals surface area contributed by atoms with Gasteiger partial charge in [0, 0.05) is 19.4 Å². The van der Waals surface area contributed by atoms with Crippen molar-refractivity contribution in [3.63, 3.8) is 0 Å². The summed E-state index contributed by atoms with van der Waals surface area (Å²) in [6.45, 7) is 2.91. The molecule has 6 nitrogen and oxygen atoms in total. The largest absolute Gasteiger partial charge is 0.481 e. The first-order chi connectivity index (χ1) is 14.5. The maximum atomic E-state index is 12.2. The number of carboxylic acids is 1. The van der Waals surface area contributed by atoms with Gasteiger partial charge >= 0.3 is 5.97 Å². The van der Waals surface area contributed by atoms with Crippen LogP contribution < -0.4 is 10.6 Å². The van der Waals surface area contributed by atoms with E-state index >= 15 is 0 Å². The molecular weight excluding hydrogens is 380 g/mol. The molecule has 0 heterocycles. The van der Waals surface area contributed by atoms with Gasteiger partial charge in [-0.3, -0.25) is 14.4 Å². The van der Waals surface area contributed by atoms with Gasteiger partial charge < -0.3 is 15.7 Å². The van der Waals surface area contributed by atoms with Gasteiger partial charge in [-0.25, -0.2) is 0 Å². The van der Waals surface area contributed by atoms with Crippen LogP contribution in [0.4, 0.5) is 0 Å². The Morgan fingerprint density at radius 1 is 0.900 bits per heavy atom. The van der Waals surface area contributed by atoms with Gasteiger partial charge in [0.25, 0.3) is 0 Å². The van der Waals surface area contributed by atoms with Gasteiger partial charge in [0.2, 0.25) is 11.8 Å². The lowest BCUT2D eigenvalue weighted by Crippen LogP contribution is -2.41. The summed E-state index contributed by atoms with van der Waals surface area (Å²) in [5.41, 5.74) is 0. The molecule has 30 heavy (non-hydrogen) atoms. The SMILES string of the molecule is CCCCCCC(=O)NCC(=O)NC[C@@H]1[C@@H]2CC[C@@H](C2)[C@@H]1CC=CCCCC(=O)O. The molecule has 0 aromatic rings. The van der Waals surface area contributed by atoms with E-state index in [0.717, 1.165) is 44.4 Å². The standard InChI is InChI=1S/C24H40N2O4/c1-2-3-4-8-11-22(27)26-17-23(28)25-16-21-19-14-13-18(15-19)20(21)10-7-5-6-9-12-24(29)30/h5,7,18-21H,2-4,6,8-17H2,1H3,(H,25,28)(H,26,27)(H,29,30)/t18-,19+,20-,21+/m0/s1. The molecule has 0 radical (unpaired) electrons. The Hall–Kier alpha value is -1.85. The third-order valence-corrected chi connectivity index (χ3v) is 6.85. The smallest absolute Gasteiger partial charge is 0.303 e. The number of carbonyl (C=O) groups is 3. The van der Waals surface area contributed by atoms with Gasteiger partial charge in [-0.05, 0) is 68.6 Å². The van der Waals surface area contributed by atoms with Crippen molar-refractivity contribution in [3.05, 3.63) is 12.2 Å². The molecular formula is C24H40N2O4. The average molecular weight is 421 g/mol. The number of carboxylic acid groups (broad SMARTS) is 1. The molecule has 0 unspecified atom stereocenters. The van der Waals surface area contributed by atoms with Crippen LogP contribution in [-0.4, -0.2) is 36.0 Å². The van der Waals surface area contributed by atoms with Gasteiger partial charge in [0.05, 0.1) is 6.54 Å². The van der Waals surface area contributed by atoms with Crippen LogP contribution in [0, 0.1) is 23.7 Å². The Labute approximate surface area is 181 Å². The Morgan fingerprint density at radius 2 is 1.67 bits per heavy atom. The fourth-order valence-electron chi connectivity index (χ4n) is 5.23. The number of fused-ring (bicyclic) bond motifs is 2. The van der Waals surface area contributed by atoms with Gasteiger partial charge in [0.1, 0.15) is 0 Å². The zero-order valence-electron chi connectivity index (χ0n) is 18.5. The molecule has 170 valence electrons. The zero-order chi connectivity index (χ0) is 21.8. The molecule has 6 heteroatoms. The van der Waals surface area contributed by atoms with Crippen molar-refractivity contribution in [1.82, 2.24) is 10.6 Å². The summed E-state index contributed by atoms with van der Waals surface area (Å²) >= 11 is 0. The normalized spacial score (nSPS) is 25.0. The van der Waals surface area contributed by atoms with Crippen molar-refractivity contribution in [2.45, 2.75) is 84.0 Å². The molecule has 0 spiro atoms. The molecule has 2 saturated carbocycles. The summed E-state index contributed by atoms with van der Waals surface area (Å²) in [7, 11) is 0. The van der Waals surface area contributed by atoms with E-state index in [1.807, 2.05) is 0 Å². The molecule has 3 N–H and O–H groups in total. The summed E-state index contributed by atoms with van der Waals surface area (Å²) in [4.78, 5) is 34.6. The highest BCUT2D eigenvalue weighted by molar-refractivity contribution is 5.84. The Balaban J connectivity index is 1.66. The van der Waals surface area contributed by atoms with Crippen molar-refractivity contribution < 1.29 is 19.5 Å². The molecule has 0 aliphatic heterocycles. The highest BCUT2D eigenvalue weighted by Gasteiger charge is 2.46. The van der Waals surface area contributed by atoms with E-state index in [4.69, 9.17) is 5.11 Å². The van der Waals surface area contributed by atoms with E-state index in [-0.39, 0.29) is 24.8 Å². The quantitative estimate of drug-likeness (QED) is 0.275. The second kappa shape index (κ2) is 13.5. The minimum absolute atomic E-state index is 0.0351. The number of hydrogen-bond donors (Lipinski definition) is 3. The van der Waals surface area contributed by atoms with Crippen LogP contribution in [-0.2, 0) is 14.4 Å². The monoisotopic (exact) mass is 420 g/mol. The van der Waals surface area contributed by atoms with Crippen LogP contribution in [0.2, 0.25) is 0 Å². The molecule has 2 rings (SSSR count). The number of hydrogen-bond acceptors (Lipinski definition) is 3. The predicted molar refractivity (Wildman–Crippen MR) is 118 cm³/mol. The molecule has 2 fully saturated rings. The summed E-state index contributed by atoms with van der Waals surface area (Å²) in [6.07, 6.45) is 15.6. The molecule has 2 amide bonds. The number of aliphatic carboxylic acids is 1. The molecule has 2 aliphatic carbocycles. The second-order valence-electron chi connectivity index (χ2n) is 9.05. The fraction of sp³-hybridized carbons (Fsp3) is 0.792. The molecule has 2 bridgehead atoms. The first-order valence-electron chi connectivity index (χ1n) is 11.9. The number of allylic oxidation sites excluding steroid dienone is 2. The van der Waals surface area contributed by atoms with Crippen LogP contribution in [0.1, 0.15) is 84.0 Å². The fourth-order valence-corrected chi connectivity index (χ4v) is 5.23. The lowest BCUT2D eigenvalue weighted by atomic mass is 9.77. The first kappa shape index (κ1) is 24.4. The van der Waals surface area contributed by atoms with E-state index in [0.29, 0.717) is 37.1 Å². The van der Waals surface area contributed by atoms with Crippen LogP contribution in [0.25, 0.3) is 0 Å². The third kappa shape index (κ3) is 8.49. The molecule has 2 aliphatic rings. The molecule has 4 atom stereocenters. The molecule has 0 saturated heterocycles. The minimum atomic E-state index is -0.736. The van der Waals surface area contributed by atoms with Gasteiger partial charge in [-0.1, -0.05) is 38.3 Å². The van der Waals surface area contributed by atoms with Gasteiger partial charge in [-0.15, -0.1) is 0 Å². The number of carbonyl (C=O) groups excluding carboxylic acids is 2. The molecule has 0 aromatic carbocycles. The maximum Gasteiger partial charge on any atom is 0.303 e. The topological polar surface area (TPSA) is 95.5 Å². The van der Waals surface area contributed by atoms with Crippen LogP contribution >= 0.6 is 0 Å². The Morgan fingerprint density at radius 3 is 2.40 bits per heavy atom. The van der Waals surface area contributed by atoms with Crippen molar-refractivity contribution >= 4 is 17.8 Å². The summed E-state index contributed by atoms with van der Waals surface area (Å²) in [6, 6.07) is 0. The number of amides is 2. The first-order valence-corrected chi connectivity index (χ1v) is 11.9. The number of nitrogens with one attached hydrogen (secondary N) is 2. The van der Waals surface area contributed by atoms with Crippen LogP contribution in [0.3, 0.4) is 0 Å². The van der Waals surface area contributed by atoms with Gasteiger partial charge in [0.15, 0.2) is 0 Å². The lowest BCUT2D eigenvalue weighted by Gasteiger charge is -2.30.